The van der Waals surface area contributed by atoms with E-state index in [-0.39, 0.29) is 0 Å². The smallest absolute Gasteiger partial charge is 0.445 e. The van der Waals surface area contributed by atoms with Crippen LogP contribution in [-0.4, -0.2) is 6.98 Å². The summed E-state index contributed by atoms with van der Waals surface area (Å²) in [6, 6.07) is 5.23. The van der Waals surface area contributed by atoms with Gasteiger partial charge >= 0.3 is 6.98 Å². The van der Waals surface area contributed by atoms with Gasteiger partial charge in [0, 0.05) is 0 Å². The number of nitrogens with zero attached hydrogens (tertiary/aromatic N) is 2. The highest BCUT2D eigenvalue weighted by Crippen LogP contribution is 2.17. The van der Waals surface area contributed by atoms with E-state index in [2.05, 4.69) is 0 Å². The summed E-state index contributed by atoms with van der Waals surface area (Å²) in [4.78, 5) is 0. The number of halogens is 4. The first kappa shape index (κ1) is 12.8. The monoisotopic (exact) mass is 239 g/mol. The Balaban J connectivity index is 3.49. The van der Waals surface area contributed by atoms with Crippen LogP contribution >= 0.6 is 0 Å². The van der Waals surface area contributed by atoms with Gasteiger partial charge in [-0.3, -0.25) is 0 Å². The van der Waals surface area contributed by atoms with Crippen molar-refractivity contribution in [2.45, 2.75) is 0 Å². The molecule has 7 heteroatoms. The van der Waals surface area contributed by atoms with Crippen LogP contribution in [0.2, 0.25) is 0 Å². The maximum Gasteiger partial charge on any atom is 0.510 e. The SMILES string of the molecule is N#CC(C#N)=Cc1c(F)cccc1[B-](F)(F)F. The molecule has 0 unspecified atom stereocenters. The topological polar surface area (TPSA) is 47.6 Å². The number of rotatable bonds is 2. The summed E-state index contributed by atoms with van der Waals surface area (Å²) in [5.41, 5.74) is -2.53. The van der Waals surface area contributed by atoms with Crippen molar-refractivity contribution in [2.75, 3.05) is 0 Å². The lowest BCUT2D eigenvalue weighted by Crippen LogP contribution is -2.36. The molecule has 2 nitrogen and oxygen atoms in total. The largest absolute Gasteiger partial charge is 0.510 e. The summed E-state index contributed by atoms with van der Waals surface area (Å²) < 4.78 is 51.0. The molecule has 0 N–H and O–H groups in total. The fourth-order valence-electron chi connectivity index (χ4n) is 1.23. The molecule has 0 fully saturated rings. The highest BCUT2D eigenvalue weighted by molar-refractivity contribution is 6.74. The molecular formula is C10H4BF4N2-. The van der Waals surface area contributed by atoms with Gasteiger partial charge in [0.05, 0.1) is 0 Å². The van der Waals surface area contributed by atoms with Gasteiger partial charge in [0.15, 0.2) is 0 Å². The molecule has 0 aliphatic carbocycles. The van der Waals surface area contributed by atoms with Crippen molar-refractivity contribution in [3.8, 4) is 12.1 Å². The van der Waals surface area contributed by atoms with E-state index in [0.29, 0.717) is 12.1 Å². The average molecular weight is 239 g/mol. The molecule has 0 aromatic heterocycles. The van der Waals surface area contributed by atoms with Crippen molar-refractivity contribution in [2.24, 2.45) is 0 Å². The first-order valence-corrected chi connectivity index (χ1v) is 4.40. The van der Waals surface area contributed by atoms with Gasteiger partial charge in [-0.25, -0.2) is 4.39 Å². The Hall–Kier alpha value is -2.28. The minimum absolute atomic E-state index is 0.587. The molecule has 0 aliphatic rings. The van der Waals surface area contributed by atoms with Crippen LogP contribution in [-0.2, 0) is 0 Å². The molecule has 1 aromatic rings. The Labute approximate surface area is 94.5 Å². The predicted molar refractivity (Wildman–Crippen MR) is 54.3 cm³/mol. The molecule has 0 amide bonds. The summed E-state index contributed by atoms with van der Waals surface area (Å²) in [5.74, 6) is -1.12. The third-order valence-corrected chi connectivity index (χ3v) is 1.97. The van der Waals surface area contributed by atoms with E-state index in [0.717, 1.165) is 12.1 Å². The van der Waals surface area contributed by atoms with Crippen molar-refractivity contribution in [1.29, 1.82) is 10.5 Å². The average Bonchev–Trinajstić information content (AvgIpc) is 2.26. The van der Waals surface area contributed by atoms with Gasteiger partial charge in [0.25, 0.3) is 0 Å². The van der Waals surface area contributed by atoms with Gasteiger partial charge in [-0.1, -0.05) is 17.6 Å². The maximum absolute atomic E-state index is 13.3. The van der Waals surface area contributed by atoms with Crippen LogP contribution in [0.25, 0.3) is 6.08 Å². The number of nitriles is 2. The Kier molecular flexibility index (Phi) is 3.54. The fraction of sp³-hybridized carbons (Fsp3) is 0. The van der Waals surface area contributed by atoms with E-state index >= 15 is 0 Å². The van der Waals surface area contributed by atoms with E-state index in [1.165, 1.54) is 12.1 Å². The Bertz CT molecular complexity index is 533. The van der Waals surface area contributed by atoms with Crippen LogP contribution in [0, 0.1) is 28.5 Å². The molecule has 0 bridgehead atoms. The minimum Gasteiger partial charge on any atom is -0.445 e. The zero-order valence-corrected chi connectivity index (χ0v) is 8.29. The van der Waals surface area contributed by atoms with E-state index < -0.39 is 29.4 Å². The quantitative estimate of drug-likeness (QED) is 0.451. The second-order valence-corrected chi connectivity index (χ2v) is 3.10. The highest BCUT2D eigenvalue weighted by Gasteiger charge is 2.29. The lowest BCUT2D eigenvalue weighted by molar-refractivity contribution is 0.499. The Morgan fingerprint density at radius 3 is 2.24 bits per heavy atom. The zero-order valence-electron chi connectivity index (χ0n) is 8.29. The number of benzene rings is 1. The van der Waals surface area contributed by atoms with E-state index in [1.54, 1.807) is 0 Å². The second kappa shape index (κ2) is 4.71. The molecule has 0 saturated heterocycles. The van der Waals surface area contributed by atoms with Crippen LogP contribution in [0.5, 0.6) is 0 Å². The lowest BCUT2D eigenvalue weighted by Gasteiger charge is -2.18. The normalized spacial score (nSPS) is 10.2. The van der Waals surface area contributed by atoms with Crippen LogP contribution in [0.3, 0.4) is 0 Å². The van der Waals surface area contributed by atoms with Crippen molar-refractivity contribution >= 4 is 18.5 Å². The summed E-state index contributed by atoms with van der Waals surface area (Å²) in [6.45, 7) is -5.40. The third-order valence-electron chi connectivity index (χ3n) is 1.97. The molecule has 0 spiro atoms. The first-order chi connectivity index (χ1) is 7.90. The van der Waals surface area contributed by atoms with E-state index in [1.807, 2.05) is 0 Å². The number of hydrogen-bond acceptors (Lipinski definition) is 2. The van der Waals surface area contributed by atoms with Crippen molar-refractivity contribution in [3.05, 3.63) is 35.2 Å². The molecule has 0 aliphatic heterocycles. The Morgan fingerprint density at radius 2 is 1.76 bits per heavy atom. The number of allylic oxidation sites excluding steroid dienone is 1. The van der Waals surface area contributed by atoms with Gasteiger partial charge in [0.1, 0.15) is 23.5 Å². The van der Waals surface area contributed by atoms with Gasteiger partial charge in [0.2, 0.25) is 0 Å². The molecule has 0 heterocycles. The molecule has 0 saturated carbocycles. The van der Waals surface area contributed by atoms with Crippen LogP contribution in [0.15, 0.2) is 23.8 Å². The van der Waals surface area contributed by atoms with Crippen LogP contribution < -0.4 is 5.46 Å². The van der Waals surface area contributed by atoms with Gasteiger partial charge in [-0.2, -0.15) is 10.5 Å². The summed E-state index contributed by atoms with van der Waals surface area (Å²) >= 11 is 0. The molecular weight excluding hydrogens is 235 g/mol. The minimum atomic E-state index is -5.40. The lowest BCUT2D eigenvalue weighted by atomic mass is 9.76. The Morgan fingerprint density at radius 1 is 1.18 bits per heavy atom. The summed E-state index contributed by atoms with van der Waals surface area (Å²) in [6.07, 6.45) is 0.597. The molecule has 0 radical (unpaired) electrons. The maximum atomic E-state index is 13.3. The zero-order chi connectivity index (χ0) is 13.1. The fourth-order valence-corrected chi connectivity index (χ4v) is 1.23. The van der Waals surface area contributed by atoms with E-state index in [4.69, 9.17) is 10.5 Å². The standard InChI is InChI=1S/C10H4BF4N2/c12-10-3-1-2-9(11(13,14)15)8(10)4-7(5-16)6-17/h1-4H/q-1. The third kappa shape index (κ3) is 2.85. The van der Waals surface area contributed by atoms with Crippen molar-refractivity contribution in [1.82, 2.24) is 0 Å². The van der Waals surface area contributed by atoms with Gasteiger partial charge in [-0.05, 0) is 17.7 Å². The van der Waals surface area contributed by atoms with Crippen LogP contribution in [0.1, 0.15) is 5.56 Å². The highest BCUT2D eigenvalue weighted by atomic mass is 19.4. The van der Waals surface area contributed by atoms with Crippen molar-refractivity contribution in [3.63, 3.8) is 0 Å². The van der Waals surface area contributed by atoms with Gasteiger partial charge < -0.3 is 12.9 Å². The van der Waals surface area contributed by atoms with Crippen molar-refractivity contribution < 1.29 is 17.3 Å². The molecule has 1 rings (SSSR count). The van der Waals surface area contributed by atoms with Gasteiger partial charge in [-0.15, -0.1) is 0 Å². The number of hydrogen-bond donors (Lipinski definition) is 0. The molecule has 1 aromatic carbocycles. The predicted octanol–water partition coefficient (Wildman–Crippen LogP) is 2.31. The van der Waals surface area contributed by atoms with Crippen LogP contribution in [0.4, 0.5) is 17.3 Å². The molecule has 0 atom stereocenters. The second-order valence-electron chi connectivity index (χ2n) is 3.10. The molecule has 17 heavy (non-hydrogen) atoms. The first-order valence-electron chi connectivity index (χ1n) is 4.40. The summed E-state index contributed by atoms with van der Waals surface area (Å²) in [5, 5.41) is 16.9. The summed E-state index contributed by atoms with van der Waals surface area (Å²) in [7, 11) is 0. The van der Waals surface area contributed by atoms with E-state index in [9.17, 15) is 17.3 Å². The molecule has 86 valence electrons.